The first-order valence-corrected chi connectivity index (χ1v) is 6.92. The molecule has 1 saturated carbocycles. The maximum Gasteiger partial charge on any atom is 0.316 e. The number of esters is 1. The summed E-state index contributed by atoms with van der Waals surface area (Å²) in [6.45, 7) is 6.68. The van der Waals surface area contributed by atoms with Crippen LogP contribution in [0.4, 0.5) is 0 Å². The molecule has 0 radical (unpaired) electrons. The summed E-state index contributed by atoms with van der Waals surface area (Å²) < 4.78 is 5.50. The zero-order chi connectivity index (χ0) is 11.4. The van der Waals surface area contributed by atoms with Gasteiger partial charge in [-0.3, -0.25) is 4.79 Å². The first kappa shape index (κ1) is 13.0. The van der Waals surface area contributed by atoms with Crippen LogP contribution in [0.25, 0.3) is 0 Å². The molecule has 0 N–H and O–H groups in total. The molecule has 15 heavy (non-hydrogen) atoms. The van der Waals surface area contributed by atoms with E-state index < -0.39 is 0 Å². The van der Waals surface area contributed by atoms with Crippen molar-refractivity contribution in [3.63, 3.8) is 0 Å². The van der Waals surface area contributed by atoms with Crippen LogP contribution in [0, 0.1) is 17.8 Å². The van der Waals surface area contributed by atoms with E-state index in [4.69, 9.17) is 4.74 Å². The Morgan fingerprint density at radius 2 is 2.13 bits per heavy atom. The van der Waals surface area contributed by atoms with E-state index in [1.807, 2.05) is 0 Å². The van der Waals surface area contributed by atoms with Crippen LogP contribution in [0.1, 0.15) is 40.0 Å². The van der Waals surface area contributed by atoms with Gasteiger partial charge in [0, 0.05) is 0 Å². The molecule has 1 fully saturated rings. The molecule has 0 aromatic heterocycles. The number of hydrogen-bond donors (Lipinski definition) is 0. The molecule has 0 amide bonds. The van der Waals surface area contributed by atoms with Gasteiger partial charge in [-0.25, -0.2) is 0 Å². The van der Waals surface area contributed by atoms with Crippen molar-refractivity contribution in [2.24, 2.45) is 17.8 Å². The highest BCUT2D eigenvalue weighted by atomic mass is 79.9. The highest BCUT2D eigenvalue weighted by molar-refractivity contribution is 9.09. The van der Waals surface area contributed by atoms with E-state index in [0.29, 0.717) is 23.1 Å². The Bertz CT molecular complexity index is 216. The van der Waals surface area contributed by atoms with Gasteiger partial charge in [0.2, 0.25) is 0 Å². The maximum absolute atomic E-state index is 11.3. The molecule has 1 aliphatic rings. The van der Waals surface area contributed by atoms with Crippen LogP contribution in [-0.2, 0) is 9.53 Å². The first-order valence-electron chi connectivity index (χ1n) is 5.80. The van der Waals surface area contributed by atoms with Crippen molar-refractivity contribution in [2.45, 2.75) is 46.1 Å². The van der Waals surface area contributed by atoms with E-state index in [9.17, 15) is 4.79 Å². The summed E-state index contributed by atoms with van der Waals surface area (Å²) in [5.74, 6) is 1.71. The summed E-state index contributed by atoms with van der Waals surface area (Å²) in [5.41, 5.74) is 0. The lowest BCUT2D eigenvalue weighted by atomic mass is 9.75. The minimum Gasteiger partial charge on any atom is -0.461 e. The molecule has 0 saturated heterocycles. The minimum atomic E-state index is -0.125. The lowest BCUT2D eigenvalue weighted by molar-refractivity contribution is -0.152. The Balaban J connectivity index is 2.57. The second kappa shape index (κ2) is 5.88. The molecule has 2 nitrogen and oxygen atoms in total. The summed E-state index contributed by atoms with van der Waals surface area (Å²) in [5, 5.41) is 0.308. The summed E-state index contributed by atoms with van der Waals surface area (Å²) in [6, 6.07) is 0. The third-order valence-electron chi connectivity index (χ3n) is 3.35. The van der Waals surface area contributed by atoms with Crippen molar-refractivity contribution in [2.75, 3.05) is 5.33 Å². The van der Waals surface area contributed by atoms with Gasteiger partial charge in [0.1, 0.15) is 11.4 Å². The Hall–Kier alpha value is -0.0500. The quantitative estimate of drug-likeness (QED) is 0.584. The number of carbonyl (C=O) groups excluding carboxylic acids is 1. The monoisotopic (exact) mass is 276 g/mol. The van der Waals surface area contributed by atoms with Gasteiger partial charge in [-0.1, -0.05) is 43.1 Å². The highest BCUT2D eigenvalue weighted by Crippen LogP contribution is 2.35. The van der Waals surface area contributed by atoms with Crippen molar-refractivity contribution in [1.29, 1.82) is 0 Å². The van der Waals surface area contributed by atoms with Gasteiger partial charge in [-0.05, 0) is 30.6 Å². The molecule has 0 aromatic carbocycles. The summed E-state index contributed by atoms with van der Waals surface area (Å²) in [7, 11) is 0. The molecule has 0 bridgehead atoms. The molecular formula is C12H21BrO2. The average molecular weight is 277 g/mol. The lowest BCUT2D eigenvalue weighted by Crippen LogP contribution is -2.36. The van der Waals surface area contributed by atoms with Crippen LogP contribution < -0.4 is 0 Å². The number of rotatable bonds is 3. The fraction of sp³-hybridized carbons (Fsp3) is 0.917. The molecule has 0 heterocycles. The second-order valence-corrected chi connectivity index (χ2v) is 5.55. The van der Waals surface area contributed by atoms with Crippen LogP contribution >= 0.6 is 15.9 Å². The topological polar surface area (TPSA) is 26.3 Å². The largest absolute Gasteiger partial charge is 0.461 e. The number of halogens is 1. The van der Waals surface area contributed by atoms with E-state index in [0.717, 1.165) is 6.42 Å². The van der Waals surface area contributed by atoms with E-state index in [2.05, 4.69) is 36.7 Å². The molecule has 0 spiro atoms. The second-order valence-electron chi connectivity index (χ2n) is 4.99. The van der Waals surface area contributed by atoms with Gasteiger partial charge < -0.3 is 4.74 Å². The van der Waals surface area contributed by atoms with E-state index in [1.165, 1.54) is 12.8 Å². The van der Waals surface area contributed by atoms with Gasteiger partial charge in [0.05, 0.1) is 0 Å². The third kappa shape index (κ3) is 3.78. The van der Waals surface area contributed by atoms with Gasteiger partial charge in [-0.2, -0.15) is 0 Å². The van der Waals surface area contributed by atoms with E-state index >= 15 is 0 Å². The van der Waals surface area contributed by atoms with Crippen LogP contribution in [0.15, 0.2) is 0 Å². The molecule has 88 valence electrons. The van der Waals surface area contributed by atoms with Crippen molar-refractivity contribution in [3.8, 4) is 0 Å². The van der Waals surface area contributed by atoms with E-state index in [-0.39, 0.29) is 12.1 Å². The molecule has 1 aliphatic carbocycles. The van der Waals surface area contributed by atoms with E-state index in [1.54, 1.807) is 0 Å². The smallest absolute Gasteiger partial charge is 0.316 e. The number of hydrogen-bond acceptors (Lipinski definition) is 2. The lowest BCUT2D eigenvalue weighted by Gasteiger charge is -2.36. The zero-order valence-corrected chi connectivity index (χ0v) is 11.4. The predicted octanol–water partition coefficient (Wildman–Crippen LogP) is 3.39. The third-order valence-corrected chi connectivity index (χ3v) is 3.81. The number of alkyl halides is 1. The molecule has 3 heteroatoms. The first-order chi connectivity index (χ1) is 7.04. The van der Waals surface area contributed by atoms with Crippen molar-refractivity contribution in [1.82, 2.24) is 0 Å². The van der Waals surface area contributed by atoms with Gasteiger partial charge in [-0.15, -0.1) is 0 Å². The van der Waals surface area contributed by atoms with Crippen LogP contribution in [-0.4, -0.2) is 17.4 Å². The maximum atomic E-state index is 11.3. The highest BCUT2D eigenvalue weighted by Gasteiger charge is 2.32. The molecule has 0 aromatic rings. The Morgan fingerprint density at radius 3 is 2.67 bits per heavy atom. The fourth-order valence-corrected chi connectivity index (χ4v) is 2.58. The summed E-state index contributed by atoms with van der Waals surface area (Å²) >= 11 is 3.14. The van der Waals surface area contributed by atoms with Crippen molar-refractivity contribution < 1.29 is 9.53 Å². The molecule has 3 unspecified atom stereocenters. The number of ether oxygens (including phenoxy) is 1. The standard InChI is InChI=1S/C12H21BrO2/c1-8(2)10-5-4-9(3)6-11(10)15-12(14)7-13/h8-11H,4-7H2,1-3H3. The molecule has 1 rings (SSSR count). The Morgan fingerprint density at radius 1 is 1.47 bits per heavy atom. The fourth-order valence-electron chi connectivity index (χ4n) is 2.45. The van der Waals surface area contributed by atoms with Crippen molar-refractivity contribution in [3.05, 3.63) is 0 Å². The Labute approximate surface area is 101 Å². The zero-order valence-electron chi connectivity index (χ0n) is 9.83. The summed E-state index contributed by atoms with van der Waals surface area (Å²) in [4.78, 5) is 11.3. The molecule has 3 atom stereocenters. The average Bonchev–Trinajstić information content (AvgIpc) is 2.17. The van der Waals surface area contributed by atoms with Gasteiger partial charge in [0.15, 0.2) is 0 Å². The number of carbonyl (C=O) groups is 1. The van der Waals surface area contributed by atoms with Gasteiger partial charge in [0.25, 0.3) is 0 Å². The normalized spacial score (nSPS) is 31.7. The minimum absolute atomic E-state index is 0.125. The molecule has 0 aliphatic heterocycles. The predicted molar refractivity (Wildman–Crippen MR) is 65.0 cm³/mol. The van der Waals surface area contributed by atoms with Crippen LogP contribution in [0.3, 0.4) is 0 Å². The Kier molecular flexibility index (Phi) is 5.10. The van der Waals surface area contributed by atoms with Gasteiger partial charge >= 0.3 is 5.97 Å². The van der Waals surface area contributed by atoms with Crippen LogP contribution in [0.5, 0.6) is 0 Å². The van der Waals surface area contributed by atoms with Crippen LogP contribution in [0.2, 0.25) is 0 Å². The molecular weight excluding hydrogens is 256 g/mol. The SMILES string of the molecule is CC1CCC(C(C)C)C(OC(=O)CBr)C1. The van der Waals surface area contributed by atoms with Crippen molar-refractivity contribution >= 4 is 21.9 Å². The summed E-state index contributed by atoms with van der Waals surface area (Å²) in [6.07, 6.45) is 3.63.